The van der Waals surface area contributed by atoms with Crippen LogP contribution in [-0.4, -0.2) is 28.1 Å². The van der Waals surface area contributed by atoms with E-state index in [0.717, 1.165) is 0 Å². The largest absolute Gasteiger partial charge is 0.482 e. The van der Waals surface area contributed by atoms with E-state index in [-0.39, 0.29) is 11.5 Å². The number of esters is 1. The van der Waals surface area contributed by atoms with E-state index in [9.17, 15) is 13.2 Å². The Morgan fingerprint density at radius 2 is 1.96 bits per heavy atom. The summed E-state index contributed by atoms with van der Waals surface area (Å²) in [6.07, 6.45) is 0. The molecule has 6 nitrogen and oxygen atoms in total. The van der Waals surface area contributed by atoms with Crippen molar-refractivity contribution in [1.29, 1.82) is 0 Å². The smallest absolute Gasteiger partial charge is 0.343 e. The van der Waals surface area contributed by atoms with Crippen molar-refractivity contribution >= 4 is 33.3 Å². The molecule has 0 atom stereocenters. The second-order valence-electron chi connectivity index (χ2n) is 4.91. The van der Waals surface area contributed by atoms with Crippen LogP contribution in [-0.2, 0) is 19.6 Å². The van der Waals surface area contributed by atoms with Crippen LogP contribution in [0.1, 0.15) is 5.56 Å². The van der Waals surface area contributed by atoms with Crippen molar-refractivity contribution in [2.24, 2.45) is 0 Å². The maximum atomic E-state index is 12.4. The van der Waals surface area contributed by atoms with E-state index in [1.54, 1.807) is 25.1 Å². The summed E-state index contributed by atoms with van der Waals surface area (Å²) >= 11 is 5.85. The molecule has 0 aliphatic rings. The molecular weight excluding hydrogens is 354 g/mol. The Hall–Kier alpha value is -2.25. The molecule has 2 aromatic rings. The van der Waals surface area contributed by atoms with E-state index >= 15 is 0 Å². The van der Waals surface area contributed by atoms with Crippen LogP contribution in [0.5, 0.6) is 5.75 Å². The number of hydrogen-bond donors (Lipinski definition) is 1. The molecule has 2 rings (SSSR count). The zero-order valence-corrected chi connectivity index (χ0v) is 14.6. The number of benzene rings is 2. The van der Waals surface area contributed by atoms with Gasteiger partial charge in [-0.25, -0.2) is 13.2 Å². The van der Waals surface area contributed by atoms with E-state index in [1.165, 1.54) is 31.4 Å². The van der Waals surface area contributed by atoms with Gasteiger partial charge in [-0.05, 0) is 48.9 Å². The third kappa shape index (κ3) is 4.62. The topological polar surface area (TPSA) is 81.7 Å². The van der Waals surface area contributed by atoms with Gasteiger partial charge < -0.3 is 9.47 Å². The molecule has 1 N–H and O–H groups in total. The highest BCUT2D eigenvalue weighted by Gasteiger charge is 2.16. The first kappa shape index (κ1) is 18.1. The van der Waals surface area contributed by atoms with Gasteiger partial charge in [0.25, 0.3) is 10.0 Å². The first-order chi connectivity index (χ1) is 11.3. The number of carbonyl (C=O) groups excluding carboxylic acids is 1. The molecule has 8 heteroatoms. The molecule has 0 saturated heterocycles. The van der Waals surface area contributed by atoms with Gasteiger partial charge in [0.15, 0.2) is 6.61 Å². The molecule has 0 heterocycles. The van der Waals surface area contributed by atoms with Crippen LogP contribution in [0.25, 0.3) is 0 Å². The SMILES string of the molecule is COC(=O)COc1ccc(S(=O)(=O)Nc2cccc(Cl)c2)cc1C. The number of halogens is 1. The van der Waals surface area contributed by atoms with Crippen molar-refractivity contribution in [2.75, 3.05) is 18.4 Å². The van der Waals surface area contributed by atoms with E-state index < -0.39 is 16.0 Å². The van der Waals surface area contributed by atoms with Crippen LogP contribution in [0.15, 0.2) is 47.4 Å². The first-order valence-corrected chi connectivity index (χ1v) is 8.76. The first-order valence-electron chi connectivity index (χ1n) is 6.90. The maximum absolute atomic E-state index is 12.4. The van der Waals surface area contributed by atoms with Crippen LogP contribution in [0, 0.1) is 6.92 Å². The molecule has 2 aromatic carbocycles. The van der Waals surface area contributed by atoms with Crippen molar-refractivity contribution < 1.29 is 22.7 Å². The molecule has 0 bridgehead atoms. The Morgan fingerprint density at radius 3 is 2.58 bits per heavy atom. The van der Waals surface area contributed by atoms with Gasteiger partial charge in [0, 0.05) is 5.02 Å². The molecule has 24 heavy (non-hydrogen) atoms. The van der Waals surface area contributed by atoms with E-state index in [0.29, 0.717) is 22.0 Å². The summed E-state index contributed by atoms with van der Waals surface area (Å²) in [6, 6.07) is 10.8. The Morgan fingerprint density at radius 1 is 1.21 bits per heavy atom. The summed E-state index contributed by atoms with van der Waals surface area (Å²) in [7, 11) is -2.50. The predicted molar refractivity (Wildman–Crippen MR) is 91.0 cm³/mol. The fraction of sp³-hybridized carbons (Fsp3) is 0.188. The number of rotatable bonds is 6. The lowest BCUT2D eigenvalue weighted by atomic mass is 10.2. The van der Waals surface area contributed by atoms with Crippen molar-refractivity contribution in [3.05, 3.63) is 53.1 Å². The van der Waals surface area contributed by atoms with Crippen LogP contribution in [0.4, 0.5) is 5.69 Å². The lowest BCUT2D eigenvalue weighted by Gasteiger charge is -2.12. The van der Waals surface area contributed by atoms with Gasteiger partial charge >= 0.3 is 5.97 Å². The fourth-order valence-electron chi connectivity index (χ4n) is 1.91. The molecule has 0 amide bonds. The summed E-state index contributed by atoms with van der Waals surface area (Å²) in [6.45, 7) is 1.44. The lowest BCUT2D eigenvalue weighted by molar-refractivity contribution is -0.142. The monoisotopic (exact) mass is 369 g/mol. The zero-order chi connectivity index (χ0) is 17.7. The maximum Gasteiger partial charge on any atom is 0.343 e. The highest BCUT2D eigenvalue weighted by Crippen LogP contribution is 2.24. The summed E-state index contributed by atoms with van der Waals surface area (Å²) < 4.78 is 37.1. The molecule has 0 radical (unpaired) electrons. The minimum absolute atomic E-state index is 0.0744. The molecule has 0 aromatic heterocycles. The third-order valence-electron chi connectivity index (χ3n) is 3.11. The highest BCUT2D eigenvalue weighted by molar-refractivity contribution is 7.92. The molecule has 0 fully saturated rings. The minimum atomic E-state index is -3.76. The van der Waals surface area contributed by atoms with Gasteiger partial charge in [0.1, 0.15) is 5.75 Å². The lowest BCUT2D eigenvalue weighted by Crippen LogP contribution is -2.15. The van der Waals surface area contributed by atoms with Crippen LogP contribution >= 0.6 is 11.6 Å². The number of anilines is 1. The van der Waals surface area contributed by atoms with E-state index in [2.05, 4.69) is 9.46 Å². The number of sulfonamides is 1. The zero-order valence-electron chi connectivity index (χ0n) is 13.1. The van der Waals surface area contributed by atoms with Crippen molar-refractivity contribution in [1.82, 2.24) is 0 Å². The molecule has 128 valence electrons. The van der Waals surface area contributed by atoms with Gasteiger partial charge in [-0.15, -0.1) is 0 Å². The molecule has 0 aliphatic heterocycles. The van der Waals surface area contributed by atoms with Crippen LogP contribution in [0.3, 0.4) is 0 Å². The molecule has 0 aliphatic carbocycles. The Kier molecular flexibility index (Phi) is 5.69. The number of ether oxygens (including phenoxy) is 2. The summed E-state index contributed by atoms with van der Waals surface area (Å²) in [4.78, 5) is 11.2. The van der Waals surface area contributed by atoms with Gasteiger partial charge in [-0.2, -0.15) is 0 Å². The normalized spacial score (nSPS) is 11.0. The number of hydrogen-bond acceptors (Lipinski definition) is 5. The quantitative estimate of drug-likeness (QED) is 0.791. The average Bonchev–Trinajstić information content (AvgIpc) is 2.52. The van der Waals surface area contributed by atoms with E-state index in [4.69, 9.17) is 16.3 Å². The minimum Gasteiger partial charge on any atom is -0.482 e. The second kappa shape index (κ2) is 7.55. The van der Waals surface area contributed by atoms with Gasteiger partial charge in [-0.3, -0.25) is 4.72 Å². The second-order valence-corrected chi connectivity index (χ2v) is 7.03. The third-order valence-corrected chi connectivity index (χ3v) is 4.72. The average molecular weight is 370 g/mol. The van der Waals surface area contributed by atoms with Gasteiger partial charge in [0.2, 0.25) is 0 Å². The fourth-order valence-corrected chi connectivity index (χ4v) is 3.24. The number of aryl methyl sites for hydroxylation is 1. The molecule has 0 unspecified atom stereocenters. The van der Waals surface area contributed by atoms with Crippen molar-refractivity contribution in [2.45, 2.75) is 11.8 Å². The summed E-state index contributed by atoms with van der Waals surface area (Å²) in [5.74, 6) is -0.115. The number of nitrogens with one attached hydrogen (secondary N) is 1. The predicted octanol–water partition coefficient (Wildman–Crippen LogP) is 3.00. The molecular formula is C16H16ClNO5S. The summed E-state index contributed by atoms with van der Waals surface area (Å²) in [5, 5.41) is 0.429. The Balaban J connectivity index is 2.19. The number of carbonyl (C=O) groups is 1. The van der Waals surface area contributed by atoms with Crippen LogP contribution in [0.2, 0.25) is 5.02 Å². The van der Waals surface area contributed by atoms with Gasteiger partial charge in [-0.1, -0.05) is 17.7 Å². The number of methoxy groups -OCH3 is 1. The van der Waals surface area contributed by atoms with Gasteiger partial charge in [0.05, 0.1) is 17.7 Å². The van der Waals surface area contributed by atoms with Crippen LogP contribution < -0.4 is 9.46 Å². The Bertz CT molecular complexity index is 851. The molecule has 0 spiro atoms. The Labute approximate surface area is 145 Å². The summed E-state index contributed by atoms with van der Waals surface area (Å²) in [5.41, 5.74) is 0.944. The molecule has 0 saturated carbocycles. The highest BCUT2D eigenvalue weighted by atomic mass is 35.5. The van der Waals surface area contributed by atoms with Crippen molar-refractivity contribution in [3.63, 3.8) is 0 Å². The standard InChI is InChI=1S/C16H16ClNO5S/c1-11-8-14(6-7-15(11)23-10-16(19)22-2)24(20,21)18-13-5-3-4-12(17)9-13/h3-9,18H,10H2,1-2H3. The van der Waals surface area contributed by atoms with Crippen molar-refractivity contribution in [3.8, 4) is 5.75 Å². The van der Waals surface area contributed by atoms with E-state index in [1.807, 2.05) is 0 Å².